The van der Waals surface area contributed by atoms with E-state index in [0.29, 0.717) is 38.8 Å². The maximum atomic E-state index is 13.6. The Bertz CT molecular complexity index is 1420. The van der Waals surface area contributed by atoms with Gasteiger partial charge in [0.05, 0.1) is 26.4 Å². The fourth-order valence-electron chi connectivity index (χ4n) is 9.86. The van der Waals surface area contributed by atoms with Crippen molar-refractivity contribution in [2.24, 2.45) is 0 Å². The van der Waals surface area contributed by atoms with Gasteiger partial charge < -0.3 is 110 Å². The standard InChI is InChI=1S/C54H104N2O22/c1-3-5-7-9-19-23-27-55(29-35(61)43(67)51(37(63)31-57)77-53-49(73)47(71)45(69)39(33-59)75-53)41(65)25-21-17-15-13-11-12-14-16-18-22-26-42(66)56(28-24-20-10-8-6-4-2)30-36(62)44(68)52(38(64)32-58)78-54-50(74)48(72)46(70)40(34-60)76-54/h35-40,43-54,57-64,67-74H,3-34H2,1-2H3/t35-,36-,37+,38+,39+,40+,43+,44+,45-,46-,47-,48-,49+,50+,51+,52+,53-,54-/m0/s1. The molecule has 24 heteroatoms. The number of carbonyl (C=O) groups is 2. The molecule has 0 aromatic rings. The molecule has 0 aromatic heterocycles. The van der Waals surface area contributed by atoms with E-state index < -0.39 is 137 Å². The Labute approximate surface area is 461 Å². The van der Waals surface area contributed by atoms with E-state index in [2.05, 4.69) is 13.8 Å². The number of ether oxygens (including phenoxy) is 4. The normalized spacial score (nSPS) is 26.9. The number of hydrogen-bond donors (Lipinski definition) is 16. The molecule has 2 amide bonds. The minimum atomic E-state index is -1.91. The van der Waals surface area contributed by atoms with Crippen LogP contribution < -0.4 is 0 Å². The lowest BCUT2D eigenvalue weighted by molar-refractivity contribution is -0.327. The molecule has 0 spiro atoms. The fraction of sp³-hybridized carbons (Fsp3) is 0.963. The van der Waals surface area contributed by atoms with Crippen molar-refractivity contribution in [3.63, 3.8) is 0 Å². The summed E-state index contributed by atoms with van der Waals surface area (Å²) in [5, 5.41) is 166. The summed E-state index contributed by atoms with van der Waals surface area (Å²) in [5.74, 6) is -0.457. The predicted molar refractivity (Wildman–Crippen MR) is 283 cm³/mol. The minimum Gasteiger partial charge on any atom is -0.394 e. The number of amides is 2. The summed E-state index contributed by atoms with van der Waals surface area (Å²) in [6, 6.07) is 0. The molecule has 16 N–H and O–H groups in total. The Morgan fingerprint density at radius 1 is 0.410 bits per heavy atom. The second kappa shape index (κ2) is 41.2. The van der Waals surface area contributed by atoms with Crippen molar-refractivity contribution in [2.75, 3.05) is 52.6 Å². The Kier molecular flexibility index (Phi) is 38.1. The number of hydrogen-bond acceptors (Lipinski definition) is 22. The molecular weight excluding hydrogens is 1030 g/mol. The zero-order chi connectivity index (χ0) is 58.2. The van der Waals surface area contributed by atoms with Crippen LogP contribution in [-0.4, -0.2) is 266 Å². The molecule has 2 rings (SSSR count). The molecule has 2 aliphatic heterocycles. The minimum absolute atomic E-state index is 0.199. The number of aliphatic hydroxyl groups excluding tert-OH is 16. The summed E-state index contributed by atoms with van der Waals surface area (Å²) in [6.07, 6.45) is -11.1. The number of nitrogens with zero attached hydrogens (tertiary/aromatic N) is 2. The van der Waals surface area contributed by atoms with E-state index in [4.69, 9.17) is 18.9 Å². The van der Waals surface area contributed by atoms with Crippen LogP contribution in [-0.2, 0) is 28.5 Å². The van der Waals surface area contributed by atoms with E-state index in [0.717, 1.165) is 116 Å². The highest BCUT2D eigenvalue weighted by atomic mass is 16.7. The zero-order valence-electron chi connectivity index (χ0n) is 46.5. The van der Waals surface area contributed by atoms with Gasteiger partial charge in [0.2, 0.25) is 11.8 Å². The van der Waals surface area contributed by atoms with Gasteiger partial charge in [0.1, 0.15) is 97.7 Å². The lowest BCUT2D eigenvalue weighted by Gasteiger charge is -2.42. The molecule has 0 aromatic carbocycles. The second-order valence-electron chi connectivity index (χ2n) is 21.5. The Hall–Kier alpha value is -1.86. The number of aliphatic hydroxyl groups is 16. The van der Waals surface area contributed by atoms with E-state index >= 15 is 0 Å². The average Bonchev–Trinajstić information content (AvgIpc) is 3.43. The van der Waals surface area contributed by atoms with Gasteiger partial charge in [-0.05, 0) is 25.7 Å². The summed E-state index contributed by atoms with van der Waals surface area (Å²) in [5.41, 5.74) is 0. The van der Waals surface area contributed by atoms with Crippen LogP contribution in [0.15, 0.2) is 0 Å². The van der Waals surface area contributed by atoms with E-state index in [-0.39, 0.29) is 37.7 Å². The molecule has 0 radical (unpaired) electrons. The molecule has 78 heavy (non-hydrogen) atoms. The largest absolute Gasteiger partial charge is 0.394 e. The third-order valence-electron chi connectivity index (χ3n) is 15.0. The summed E-state index contributed by atoms with van der Waals surface area (Å²) < 4.78 is 21.8. The smallest absolute Gasteiger partial charge is 0.222 e. The van der Waals surface area contributed by atoms with E-state index in [1.54, 1.807) is 0 Å². The Balaban J connectivity index is 1.87. The van der Waals surface area contributed by atoms with Gasteiger partial charge in [-0.2, -0.15) is 0 Å². The first kappa shape index (κ1) is 72.2. The molecule has 24 nitrogen and oxygen atoms in total. The van der Waals surface area contributed by atoms with Gasteiger partial charge >= 0.3 is 0 Å². The lowest BCUT2D eigenvalue weighted by Crippen LogP contribution is -2.61. The highest BCUT2D eigenvalue weighted by Gasteiger charge is 2.49. The molecule has 462 valence electrons. The van der Waals surface area contributed by atoms with Crippen molar-refractivity contribution >= 4 is 11.8 Å². The quantitative estimate of drug-likeness (QED) is 0.0311. The van der Waals surface area contributed by atoms with Crippen molar-refractivity contribution in [2.45, 2.75) is 278 Å². The highest BCUT2D eigenvalue weighted by Crippen LogP contribution is 2.28. The third-order valence-corrected chi connectivity index (χ3v) is 15.0. The molecule has 2 aliphatic rings. The summed E-state index contributed by atoms with van der Waals surface area (Å²) in [6.45, 7) is 0.813. The van der Waals surface area contributed by atoms with E-state index in [1.165, 1.54) is 9.80 Å². The first-order chi connectivity index (χ1) is 37.3. The third kappa shape index (κ3) is 25.3. The van der Waals surface area contributed by atoms with Gasteiger partial charge in [0.25, 0.3) is 0 Å². The van der Waals surface area contributed by atoms with E-state index in [9.17, 15) is 91.3 Å². The molecule has 0 saturated carbocycles. The number of rotatable bonds is 45. The highest BCUT2D eigenvalue weighted by molar-refractivity contribution is 5.76. The monoisotopic (exact) mass is 1130 g/mol. The predicted octanol–water partition coefficient (Wildman–Crippen LogP) is -1.43. The average molecular weight is 1130 g/mol. The Morgan fingerprint density at radius 3 is 1.00 bits per heavy atom. The van der Waals surface area contributed by atoms with Crippen LogP contribution in [0, 0.1) is 0 Å². The first-order valence-corrected chi connectivity index (χ1v) is 29.1. The SMILES string of the molecule is CCCCCCCCN(C[C@H](O)[C@@H](O)[C@H](O[C@@H]1O[C@H](CO)[C@H](O)[C@H](O)[C@H]1O)[C@H](O)CO)C(=O)CCCCCCCCCCCCC(=O)N(CCCCCCCC)C[C@H](O)[C@@H](O)[C@H](O[C@@H]1O[C@H](CO)[C@H](O)[C@H](O)[C@H]1O)[C@H](O)CO. The van der Waals surface area contributed by atoms with Crippen LogP contribution in [0.1, 0.15) is 168 Å². The second-order valence-corrected chi connectivity index (χ2v) is 21.5. The van der Waals surface area contributed by atoms with Crippen molar-refractivity contribution in [3.8, 4) is 0 Å². The van der Waals surface area contributed by atoms with Crippen molar-refractivity contribution < 1.29 is 110 Å². The van der Waals surface area contributed by atoms with E-state index in [1.807, 2.05) is 0 Å². The molecule has 2 heterocycles. The van der Waals surface area contributed by atoms with Crippen molar-refractivity contribution in [1.29, 1.82) is 0 Å². The topological polar surface area (TPSA) is 401 Å². The number of carbonyl (C=O) groups excluding carboxylic acids is 2. The van der Waals surface area contributed by atoms with Crippen LogP contribution in [0.5, 0.6) is 0 Å². The van der Waals surface area contributed by atoms with Gasteiger partial charge in [-0.3, -0.25) is 9.59 Å². The van der Waals surface area contributed by atoms with Crippen LogP contribution in [0.2, 0.25) is 0 Å². The lowest BCUT2D eigenvalue weighted by atomic mass is 9.98. The van der Waals surface area contributed by atoms with Gasteiger partial charge in [-0.25, -0.2) is 0 Å². The molecule has 0 aliphatic carbocycles. The maximum Gasteiger partial charge on any atom is 0.222 e. The van der Waals surface area contributed by atoms with Crippen molar-refractivity contribution in [1.82, 2.24) is 9.80 Å². The first-order valence-electron chi connectivity index (χ1n) is 29.1. The van der Waals surface area contributed by atoms with Gasteiger partial charge in [0.15, 0.2) is 12.6 Å². The van der Waals surface area contributed by atoms with Crippen LogP contribution in [0.25, 0.3) is 0 Å². The summed E-state index contributed by atoms with van der Waals surface area (Å²) >= 11 is 0. The van der Waals surface area contributed by atoms with Crippen LogP contribution in [0.4, 0.5) is 0 Å². The zero-order valence-corrected chi connectivity index (χ0v) is 46.5. The summed E-state index contributed by atoms with van der Waals surface area (Å²) in [4.78, 5) is 30.1. The Morgan fingerprint density at radius 2 is 0.705 bits per heavy atom. The summed E-state index contributed by atoms with van der Waals surface area (Å²) in [7, 11) is 0. The maximum absolute atomic E-state index is 13.6. The molecule has 0 unspecified atom stereocenters. The van der Waals surface area contributed by atoms with Gasteiger partial charge in [-0.15, -0.1) is 0 Å². The molecule has 0 bridgehead atoms. The van der Waals surface area contributed by atoms with Crippen LogP contribution >= 0.6 is 0 Å². The van der Waals surface area contributed by atoms with Gasteiger partial charge in [0, 0.05) is 39.0 Å². The number of unbranched alkanes of at least 4 members (excludes halogenated alkanes) is 19. The fourth-order valence-corrected chi connectivity index (χ4v) is 9.86. The van der Waals surface area contributed by atoms with Crippen molar-refractivity contribution in [3.05, 3.63) is 0 Å². The molecule has 2 fully saturated rings. The molecule has 18 atom stereocenters. The molecular formula is C54H104N2O22. The molecule has 2 saturated heterocycles. The van der Waals surface area contributed by atoms with Crippen LogP contribution in [0.3, 0.4) is 0 Å². The van der Waals surface area contributed by atoms with Gasteiger partial charge in [-0.1, -0.05) is 129 Å².